The highest BCUT2D eigenvalue weighted by atomic mass is 28.3. The highest BCUT2D eigenvalue weighted by Crippen LogP contribution is 2.43. The predicted molar refractivity (Wildman–Crippen MR) is 278 cm³/mol. The third-order valence-electron chi connectivity index (χ3n) is 13.8. The van der Waals surface area contributed by atoms with E-state index >= 15 is 0 Å². The number of nitrogens with zero attached hydrogens (tertiary/aromatic N) is 4. The molecule has 4 nitrogen and oxygen atoms in total. The van der Waals surface area contributed by atoms with Crippen LogP contribution in [0.15, 0.2) is 243 Å². The van der Waals surface area contributed by atoms with Crippen molar-refractivity contribution in [2.24, 2.45) is 0 Å². The number of aromatic nitrogens is 3. The molecule has 0 saturated heterocycles. The van der Waals surface area contributed by atoms with E-state index in [0.717, 1.165) is 66.3 Å². The quantitative estimate of drug-likeness (QED) is 0.116. The van der Waals surface area contributed by atoms with Crippen molar-refractivity contribution in [3.8, 4) is 23.1 Å². The maximum Gasteiger partial charge on any atom is 0.179 e. The molecular weight excluding hydrogens is 817 g/mol. The molecule has 0 N–H and O–H groups in total. The first kappa shape index (κ1) is 37.8. The van der Waals surface area contributed by atoms with Gasteiger partial charge in [0.25, 0.3) is 0 Å². The Morgan fingerprint density at radius 1 is 0.303 bits per heavy atom. The molecule has 308 valence electrons. The van der Waals surface area contributed by atoms with Crippen LogP contribution >= 0.6 is 0 Å². The van der Waals surface area contributed by atoms with E-state index in [1.807, 2.05) is 12.1 Å². The average molecular weight is 857 g/mol. The Kier molecular flexibility index (Phi) is 8.57. The van der Waals surface area contributed by atoms with Crippen molar-refractivity contribution in [3.05, 3.63) is 248 Å². The Morgan fingerprint density at radius 3 is 1.27 bits per heavy atom. The smallest absolute Gasteiger partial charge is 0.179 e. The average Bonchev–Trinajstić information content (AvgIpc) is 4.03. The van der Waals surface area contributed by atoms with Gasteiger partial charge in [-0.25, -0.2) is 0 Å². The normalized spacial score (nSPS) is 11.9. The Morgan fingerprint density at radius 2 is 0.712 bits per heavy atom. The molecule has 0 aliphatic rings. The number of nitriles is 1. The van der Waals surface area contributed by atoms with E-state index in [9.17, 15) is 5.26 Å². The van der Waals surface area contributed by atoms with Crippen molar-refractivity contribution < 1.29 is 0 Å². The molecule has 0 saturated carbocycles. The van der Waals surface area contributed by atoms with Crippen LogP contribution in [0.3, 0.4) is 0 Å². The molecule has 0 radical (unpaired) electrons. The first-order valence-corrected chi connectivity index (χ1v) is 24.5. The highest BCUT2D eigenvalue weighted by Gasteiger charge is 2.41. The van der Waals surface area contributed by atoms with Gasteiger partial charge in [-0.05, 0) is 87.5 Å². The second-order valence-corrected chi connectivity index (χ2v) is 21.0. The Bertz CT molecular complexity index is 3960. The van der Waals surface area contributed by atoms with Gasteiger partial charge in [-0.3, -0.25) is 0 Å². The zero-order valence-electron chi connectivity index (χ0n) is 35.9. The summed E-state index contributed by atoms with van der Waals surface area (Å²) in [6, 6.07) is 91.0. The molecule has 13 aromatic rings. The fourth-order valence-corrected chi connectivity index (χ4v) is 15.9. The van der Waals surface area contributed by atoms with Gasteiger partial charge in [-0.1, -0.05) is 176 Å². The summed E-state index contributed by atoms with van der Waals surface area (Å²) in [5.74, 6) is 0. The van der Waals surface area contributed by atoms with Gasteiger partial charge in [0.15, 0.2) is 8.07 Å². The van der Waals surface area contributed by atoms with Gasteiger partial charge in [0.2, 0.25) is 0 Å². The van der Waals surface area contributed by atoms with Crippen molar-refractivity contribution in [1.29, 1.82) is 5.26 Å². The summed E-state index contributed by atoms with van der Waals surface area (Å²) in [4.78, 5) is 0. The van der Waals surface area contributed by atoms with Crippen molar-refractivity contribution in [2.75, 3.05) is 0 Å². The topological polar surface area (TPSA) is 38.6 Å². The molecule has 66 heavy (non-hydrogen) atoms. The number of benzene rings is 10. The summed E-state index contributed by atoms with van der Waals surface area (Å²) in [6.45, 7) is 0. The number of para-hydroxylation sites is 3. The van der Waals surface area contributed by atoms with Gasteiger partial charge < -0.3 is 13.7 Å². The standard InChI is InChI=1S/C61H40N4Si/c62-41-42-37-38-49-48-27-10-13-30-52(48)65(59(49)39-42)58-36-18-35-57-61(58)51-29-12-15-32-54(51)64(57)56-34-17-33-55-60(56)50-28-11-14-31-53(50)63(55)43-19-16-26-47(40-43)66(44-20-4-1-5-21-44,45-22-6-2-7-23-45)46-24-8-3-9-25-46/h1-40H. The Balaban J connectivity index is 1.08. The SMILES string of the molecule is N#Cc1ccc2c3ccccc3n(-c3cccc4c3c3ccccc3n4-c3cccc4c3c3ccccc3n4-c3cccc([Si](c4ccccc4)(c4ccccc4)c4ccccc4)c3)c2c1. The molecule has 3 aromatic heterocycles. The zero-order valence-corrected chi connectivity index (χ0v) is 36.9. The Hall–Kier alpha value is -8.69. The number of fused-ring (bicyclic) bond motifs is 9. The summed E-state index contributed by atoms with van der Waals surface area (Å²) >= 11 is 0. The van der Waals surface area contributed by atoms with Crippen LogP contribution < -0.4 is 20.7 Å². The second-order valence-electron chi connectivity index (χ2n) is 17.1. The minimum Gasteiger partial charge on any atom is -0.309 e. The highest BCUT2D eigenvalue weighted by molar-refractivity contribution is 7.19. The maximum atomic E-state index is 10.0. The fourth-order valence-electron chi connectivity index (χ4n) is 11.2. The van der Waals surface area contributed by atoms with Crippen LogP contribution in [0.2, 0.25) is 0 Å². The lowest BCUT2D eigenvalue weighted by atomic mass is 10.1. The molecule has 0 fully saturated rings. The fraction of sp³-hybridized carbons (Fsp3) is 0. The zero-order chi connectivity index (χ0) is 43.8. The minimum absolute atomic E-state index is 0.642. The second kappa shape index (κ2) is 15.0. The summed E-state index contributed by atoms with van der Waals surface area (Å²) in [6.07, 6.45) is 0. The molecule has 13 rings (SSSR count). The number of hydrogen-bond donors (Lipinski definition) is 0. The van der Waals surface area contributed by atoms with Crippen molar-refractivity contribution in [1.82, 2.24) is 13.7 Å². The first-order chi connectivity index (χ1) is 32.7. The van der Waals surface area contributed by atoms with E-state index in [1.54, 1.807) is 0 Å². The van der Waals surface area contributed by atoms with Crippen LogP contribution in [0.25, 0.3) is 82.5 Å². The van der Waals surface area contributed by atoms with Crippen molar-refractivity contribution in [3.63, 3.8) is 0 Å². The van der Waals surface area contributed by atoms with Crippen LogP contribution in [0.1, 0.15) is 5.56 Å². The molecule has 0 bridgehead atoms. The minimum atomic E-state index is -2.80. The third-order valence-corrected chi connectivity index (χ3v) is 18.6. The van der Waals surface area contributed by atoms with Crippen LogP contribution in [0, 0.1) is 11.3 Å². The van der Waals surface area contributed by atoms with Crippen molar-refractivity contribution >= 4 is 94.2 Å². The maximum absolute atomic E-state index is 10.0. The van der Waals surface area contributed by atoms with Gasteiger partial charge in [-0.2, -0.15) is 5.26 Å². The summed E-state index contributed by atoms with van der Waals surface area (Å²) in [7, 11) is -2.80. The predicted octanol–water partition coefficient (Wildman–Crippen LogP) is 12.2. The molecule has 10 aromatic carbocycles. The lowest BCUT2D eigenvalue weighted by Crippen LogP contribution is -2.74. The van der Waals surface area contributed by atoms with E-state index < -0.39 is 8.07 Å². The van der Waals surface area contributed by atoms with E-state index in [-0.39, 0.29) is 0 Å². The van der Waals surface area contributed by atoms with E-state index in [2.05, 4.69) is 250 Å². The van der Waals surface area contributed by atoms with Crippen LogP contribution in [-0.4, -0.2) is 21.8 Å². The molecule has 3 heterocycles. The lowest BCUT2D eigenvalue weighted by Gasteiger charge is -2.34. The monoisotopic (exact) mass is 856 g/mol. The van der Waals surface area contributed by atoms with Gasteiger partial charge >= 0.3 is 0 Å². The molecule has 0 spiro atoms. The van der Waals surface area contributed by atoms with Crippen molar-refractivity contribution in [2.45, 2.75) is 0 Å². The molecule has 0 amide bonds. The Labute approximate surface area is 382 Å². The lowest BCUT2D eigenvalue weighted by molar-refractivity contribution is 1.17. The summed E-state index contributed by atoms with van der Waals surface area (Å²) in [5.41, 5.74) is 10.7. The van der Waals surface area contributed by atoms with Crippen LogP contribution in [-0.2, 0) is 0 Å². The van der Waals surface area contributed by atoms with E-state index in [1.165, 1.54) is 36.9 Å². The molecular formula is C61H40N4Si. The summed E-state index contributed by atoms with van der Waals surface area (Å²) in [5, 5.41) is 22.4. The largest absolute Gasteiger partial charge is 0.309 e. The molecule has 0 unspecified atom stereocenters. The van der Waals surface area contributed by atoms with E-state index in [0.29, 0.717) is 5.56 Å². The molecule has 0 aliphatic heterocycles. The van der Waals surface area contributed by atoms with E-state index in [4.69, 9.17) is 0 Å². The molecule has 0 atom stereocenters. The first-order valence-electron chi connectivity index (χ1n) is 22.5. The number of hydrogen-bond acceptors (Lipinski definition) is 1. The number of rotatable bonds is 7. The molecule has 5 heteroatoms. The summed E-state index contributed by atoms with van der Waals surface area (Å²) < 4.78 is 7.30. The van der Waals surface area contributed by atoms with Crippen LogP contribution in [0.5, 0.6) is 0 Å². The third kappa shape index (κ3) is 5.43. The van der Waals surface area contributed by atoms with Gasteiger partial charge in [0.05, 0.1) is 56.1 Å². The van der Waals surface area contributed by atoms with Gasteiger partial charge in [0, 0.05) is 38.0 Å². The van der Waals surface area contributed by atoms with Crippen LogP contribution in [0.4, 0.5) is 0 Å². The van der Waals surface area contributed by atoms with Gasteiger partial charge in [-0.15, -0.1) is 0 Å². The van der Waals surface area contributed by atoms with Gasteiger partial charge in [0.1, 0.15) is 0 Å². The molecule has 0 aliphatic carbocycles.